The second-order valence-electron chi connectivity index (χ2n) is 7.25. The summed E-state index contributed by atoms with van der Waals surface area (Å²) in [4.78, 5) is 2.58. The van der Waals surface area contributed by atoms with Gasteiger partial charge in [0.2, 0.25) is 0 Å². The quantitative estimate of drug-likeness (QED) is 0.929. The number of anilines is 1. The molecule has 1 saturated heterocycles. The Balaban J connectivity index is 1.71. The van der Waals surface area contributed by atoms with Crippen LogP contribution in [-0.2, 0) is 13.0 Å². The second-order valence-corrected chi connectivity index (χ2v) is 7.25. The lowest BCUT2D eigenvalue weighted by atomic mass is 10.1. The van der Waals surface area contributed by atoms with Gasteiger partial charge in [-0.3, -0.25) is 4.90 Å². The first-order valence-corrected chi connectivity index (χ1v) is 9.45. The topological polar surface area (TPSA) is 33.1 Å². The molecule has 2 aliphatic heterocycles. The fourth-order valence-corrected chi connectivity index (χ4v) is 3.98. The average molecular weight is 324 g/mol. The summed E-state index contributed by atoms with van der Waals surface area (Å²) in [6, 6.07) is 8.66. The Morgan fingerprint density at radius 3 is 2.79 bits per heavy atom. The molecule has 4 rings (SSSR count). The van der Waals surface area contributed by atoms with Gasteiger partial charge in [0, 0.05) is 18.7 Å². The number of rotatable bonds is 3. The molecule has 1 N–H and O–H groups in total. The number of aryl methyl sites for hydroxylation is 1. The minimum absolute atomic E-state index is 1.00. The van der Waals surface area contributed by atoms with Crippen molar-refractivity contribution >= 4 is 5.82 Å². The van der Waals surface area contributed by atoms with Gasteiger partial charge in [-0.05, 0) is 69.8 Å². The van der Waals surface area contributed by atoms with Crippen LogP contribution in [0.25, 0.3) is 5.69 Å². The van der Waals surface area contributed by atoms with Gasteiger partial charge in [-0.1, -0.05) is 18.6 Å². The van der Waals surface area contributed by atoms with Gasteiger partial charge >= 0.3 is 0 Å². The van der Waals surface area contributed by atoms with Crippen molar-refractivity contribution in [1.29, 1.82) is 0 Å². The minimum Gasteiger partial charge on any atom is -0.370 e. The van der Waals surface area contributed by atoms with E-state index in [-0.39, 0.29) is 0 Å². The van der Waals surface area contributed by atoms with Crippen LogP contribution in [0.4, 0.5) is 5.82 Å². The van der Waals surface area contributed by atoms with Crippen LogP contribution in [-0.4, -0.2) is 34.3 Å². The first kappa shape index (κ1) is 15.7. The van der Waals surface area contributed by atoms with E-state index >= 15 is 0 Å². The average Bonchev–Trinajstić information content (AvgIpc) is 2.78. The molecule has 128 valence electrons. The molecular formula is C20H28N4. The fraction of sp³-hybridized carbons (Fsp3) is 0.550. The molecule has 1 aromatic carbocycles. The highest BCUT2D eigenvalue weighted by Crippen LogP contribution is 2.29. The molecule has 0 aliphatic carbocycles. The summed E-state index contributed by atoms with van der Waals surface area (Å²) in [5.74, 6) is 1.23. The van der Waals surface area contributed by atoms with Gasteiger partial charge in [0.25, 0.3) is 0 Å². The van der Waals surface area contributed by atoms with Gasteiger partial charge in [0.15, 0.2) is 0 Å². The first-order chi connectivity index (χ1) is 11.8. The monoisotopic (exact) mass is 324 g/mol. The Morgan fingerprint density at radius 1 is 1.08 bits per heavy atom. The van der Waals surface area contributed by atoms with Gasteiger partial charge < -0.3 is 5.32 Å². The molecule has 4 nitrogen and oxygen atoms in total. The Labute approximate surface area is 144 Å². The summed E-state index contributed by atoms with van der Waals surface area (Å²) in [6.07, 6.45) is 7.70. The third kappa shape index (κ3) is 3.20. The highest BCUT2D eigenvalue weighted by atomic mass is 15.3. The maximum Gasteiger partial charge on any atom is 0.133 e. The van der Waals surface area contributed by atoms with E-state index in [1.165, 1.54) is 73.5 Å². The Bertz CT molecular complexity index is 698. The number of likely N-dealkylation sites (tertiary alicyclic amines) is 1. The van der Waals surface area contributed by atoms with Crippen LogP contribution in [0.3, 0.4) is 0 Å². The van der Waals surface area contributed by atoms with E-state index in [4.69, 9.17) is 5.10 Å². The van der Waals surface area contributed by atoms with E-state index in [1.54, 1.807) is 0 Å². The van der Waals surface area contributed by atoms with Crippen LogP contribution in [0.1, 0.15) is 48.9 Å². The largest absolute Gasteiger partial charge is 0.370 e. The van der Waals surface area contributed by atoms with Crippen LogP contribution in [0, 0.1) is 6.92 Å². The molecule has 0 amide bonds. The Kier molecular flexibility index (Phi) is 4.56. The molecular weight excluding hydrogens is 296 g/mol. The molecule has 1 aromatic heterocycles. The van der Waals surface area contributed by atoms with E-state index < -0.39 is 0 Å². The van der Waals surface area contributed by atoms with Gasteiger partial charge in [0.1, 0.15) is 5.82 Å². The molecule has 0 unspecified atom stereocenters. The van der Waals surface area contributed by atoms with E-state index in [0.717, 1.165) is 19.5 Å². The summed E-state index contributed by atoms with van der Waals surface area (Å²) >= 11 is 0. The SMILES string of the molecule is Cc1cccc(-n2nc(CN3CCCCC3)c3c2NCCCC3)c1. The molecule has 24 heavy (non-hydrogen) atoms. The summed E-state index contributed by atoms with van der Waals surface area (Å²) in [5, 5.41) is 8.70. The van der Waals surface area contributed by atoms with Gasteiger partial charge in [-0.2, -0.15) is 5.10 Å². The molecule has 0 radical (unpaired) electrons. The van der Waals surface area contributed by atoms with Gasteiger partial charge in [0.05, 0.1) is 11.4 Å². The predicted octanol–water partition coefficient (Wildman–Crippen LogP) is 3.91. The number of hydrogen-bond acceptors (Lipinski definition) is 3. The van der Waals surface area contributed by atoms with E-state index in [2.05, 4.69) is 46.1 Å². The number of nitrogens with zero attached hydrogens (tertiary/aromatic N) is 3. The number of benzene rings is 1. The predicted molar refractivity (Wildman–Crippen MR) is 98.9 cm³/mol. The highest BCUT2D eigenvalue weighted by molar-refractivity contribution is 5.54. The third-order valence-corrected chi connectivity index (χ3v) is 5.28. The van der Waals surface area contributed by atoms with E-state index in [0.29, 0.717) is 0 Å². The fourth-order valence-electron chi connectivity index (χ4n) is 3.98. The number of piperidine rings is 1. The molecule has 2 aromatic rings. The highest BCUT2D eigenvalue weighted by Gasteiger charge is 2.22. The summed E-state index contributed by atoms with van der Waals surface area (Å²) in [6.45, 7) is 6.64. The number of aromatic nitrogens is 2. The molecule has 0 atom stereocenters. The molecule has 0 spiro atoms. The zero-order valence-electron chi connectivity index (χ0n) is 14.7. The van der Waals surface area contributed by atoms with E-state index in [9.17, 15) is 0 Å². The van der Waals surface area contributed by atoms with Crippen molar-refractivity contribution in [3.63, 3.8) is 0 Å². The lowest BCUT2D eigenvalue weighted by Crippen LogP contribution is -2.29. The van der Waals surface area contributed by atoms with Crippen molar-refractivity contribution in [2.75, 3.05) is 25.0 Å². The van der Waals surface area contributed by atoms with Crippen LogP contribution in [0.5, 0.6) is 0 Å². The van der Waals surface area contributed by atoms with Gasteiger partial charge in [-0.15, -0.1) is 0 Å². The van der Waals surface area contributed by atoms with Crippen molar-refractivity contribution in [3.05, 3.63) is 41.1 Å². The Morgan fingerprint density at radius 2 is 1.96 bits per heavy atom. The van der Waals surface area contributed by atoms with Crippen LogP contribution in [0.2, 0.25) is 0 Å². The Hall–Kier alpha value is -1.81. The molecule has 4 heteroatoms. The van der Waals surface area contributed by atoms with Crippen molar-refractivity contribution in [2.45, 2.75) is 52.0 Å². The van der Waals surface area contributed by atoms with Crippen LogP contribution >= 0.6 is 0 Å². The minimum atomic E-state index is 1.00. The van der Waals surface area contributed by atoms with Crippen LogP contribution < -0.4 is 5.32 Å². The molecule has 0 bridgehead atoms. The van der Waals surface area contributed by atoms with Crippen molar-refractivity contribution < 1.29 is 0 Å². The zero-order chi connectivity index (χ0) is 16.4. The first-order valence-electron chi connectivity index (χ1n) is 9.45. The van der Waals surface area contributed by atoms with Crippen molar-refractivity contribution in [3.8, 4) is 5.69 Å². The lowest BCUT2D eigenvalue weighted by molar-refractivity contribution is 0.217. The summed E-state index contributed by atoms with van der Waals surface area (Å²) in [7, 11) is 0. The zero-order valence-corrected chi connectivity index (χ0v) is 14.7. The number of fused-ring (bicyclic) bond motifs is 1. The smallest absolute Gasteiger partial charge is 0.133 e. The lowest BCUT2D eigenvalue weighted by Gasteiger charge is -2.25. The molecule has 3 heterocycles. The summed E-state index contributed by atoms with van der Waals surface area (Å²) in [5.41, 5.74) is 5.18. The number of hydrogen-bond donors (Lipinski definition) is 1. The molecule has 2 aliphatic rings. The molecule has 1 fully saturated rings. The van der Waals surface area contributed by atoms with Crippen LogP contribution in [0.15, 0.2) is 24.3 Å². The maximum absolute atomic E-state index is 5.05. The van der Waals surface area contributed by atoms with E-state index in [1.807, 2.05) is 0 Å². The van der Waals surface area contributed by atoms with Crippen molar-refractivity contribution in [1.82, 2.24) is 14.7 Å². The molecule has 0 saturated carbocycles. The van der Waals surface area contributed by atoms with Gasteiger partial charge in [-0.25, -0.2) is 4.68 Å². The third-order valence-electron chi connectivity index (χ3n) is 5.28. The number of nitrogens with one attached hydrogen (secondary N) is 1. The second kappa shape index (κ2) is 6.98. The normalized spacial score (nSPS) is 18.7. The maximum atomic E-state index is 5.05. The summed E-state index contributed by atoms with van der Waals surface area (Å²) < 4.78 is 2.15. The van der Waals surface area contributed by atoms with Crippen molar-refractivity contribution in [2.24, 2.45) is 0 Å². The standard InChI is InChI=1S/C20H28N4/c1-16-8-7-9-17(14-16)24-20-18(10-3-4-11-21-20)19(22-24)15-23-12-5-2-6-13-23/h7-9,14,21H,2-6,10-13,15H2,1H3.